The Kier molecular flexibility index (Phi) is 6.82. The Bertz CT molecular complexity index is 148. The van der Waals surface area contributed by atoms with Gasteiger partial charge < -0.3 is 5.11 Å². The highest BCUT2D eigenvalue weighted by molar-refractivity contribution is 5.83. The van der Waals surface area contributed by atoms with Gasteiger partial charge in [0.1, 0.15) is 5.78 Å². The number of aliphatic hydroxyl groups is 1. The number of rotatable bonds is 7. The molecule has 1 atom stereocenters. The summed E-state index contributed by atoms with van der Waals surface area (Å²) in [6.45, 7) is 7.73. The van der Waals surface area contributed by atoms with Crippen LogP contribution in [0, 0.1) is 0 Å². The van der Waals surface area contributed by atoms with Crippen molar-refractivity contribution in [3.8, 4) is 0 Å². The van der Waals surface area contributed by atoms with Crippen LogP contribution < -0.4 is 0 Å². The maximum atomic E-state index is 11.4. The summed E-state index contributed by atoms with van der Waals surface area (Å²) in [4.78, 5) is 13.5. The summed E-state index contributed by atoms with van der Waals surface area (Å²) in [7, 11) is 0. The largest absolute Gasteiger partial charge is 0.396 e. The molecular formula is C10H21NO2. The lowest BCUT2D eigenvalue weighted by atomic mass is 10.1. The molecule has 0 fully saturated rings. The minimum Gasteiger partial charge on any atom is -0.396 e. The van der Waals surface area contributed by atoms with Crippen molar-refractivity contribution >= 4 is 5.78 Å². The van der Waals surface area contributed by atoms with Gasteiger partial charge in [-0.15, -0.1) is 0 Å². The molecule has 3 heteroatoms. The molecule has 0 amide bonds. The normalized spacial score (nSPS) is 13.3. The molecule has 0 aliphatic rings. The zero-order chi connectivity index (χ0) is 10.3. The number of likely N-dealkylation sites (N-methyl/N-ethyl adjacent to an activating group) is 1. The molecule has 0 saturated carbocycles. The summed E-state index contributed by atoms with van der Waals surface area (Å²) >= 11 is 0. The van der Waals surface area contributed by atoms with Crippen molar-refractivity contribution in [3.05, 3.63) is 0 Å². The SMILES string of the molecule is CCC(=O)C(C)N(CC)CCCO. The van der Waals surface area contributed by atoms with E-state index in [9.17, 15) is 4.79 Å². The lowest BCUT2D eigenvalue weighted by Gasteiger charge is -2.26. The molecule has 0 rings (SSSR count). The molecule has 0 saturated heterocycles. The molecular weight excluding hydrogens is 166 g/mol. The molecule has 0 aliphatic carbocycles. The zero-order valence-corrected chi connectivity index (χ0v) is 8.92. The molecule has 0 aromatic heterocycles. The third-order valence-electron chi connectivity index (χ3n) is 2.37. The number of carbonyl (C=O) groups excluding carboxylic acids is 1. The Morgan fingerprint density at radius 1 is 1.46 bits per heavy atom. The molecule has 1 N–H and O–H groups in total. The van der Waals surface area contributed by atoms with Gasteiger partial charge in [0, 0.05) is 19.6 Å². The topological polar surface area (TPSA) is 40.5 Å². The first-order valence-corrected chi connectivity index (χ1v) is 5.04. The summed E-state index contributed by atoms with van der Waals surface area (Å²) in [5, 5.41) is 8.68. The van der Waals surface area contributed by atoms with E-state index < -0.39 is 0 Å². The van der Waals surface area contributed by atoms with Gasteiger partial charge in [-0.25, -0.2) is 0 Å². The Hall–Kier alpha value is -0.410. The van der Waals surface area contributed by atoms with Gasteiger partial charge in [-0.3, -0.25) is 9.69 Å². The minimum atomic E-state index is 0.00144. The van der Waals surface area contributed by atoms with Gasteiger partial charge in [-0.1, -0.05) is 13.8 Å². The zero-order valence-electron chi connectivity index (χ0n) is 8.92. The van der Waals surface area contributed by atoms with Crippen LogP contribution in [0.15, 0.2) is 0 Å². The fourth-order valence-corrected chi connectivity index (χ4v) is 1.40. The van der Waals surface area contributed by atoms with E-state index in [0.717, 1.165) is 19.5 Å². The second-order valence-corrected chi connectivity index (χ2v) is 3.20. The van der Waals surface area contributed by atoms with E-state index in [1.165, 1.54) is 0 Å². The summed E-state index contributed by atoms with van der Waals surface area (Å²) in [6.07, 6.45) is 1.34. The van der Waals surface area contributed by atoms with Gasteiger partial charge in [0.25, 0.3) is 0 Å². The van der Waals surface area contributed by atoms with E-state index in [1.807, 2.05) is 20.8 Å². The van der Waals surface area contributed by atoms with Crippen LogP contribution in [-0.2, 0) is 4.79 Å². The standard InChI is InChI=1S/C10H21NO2/c1-4-10(13)9(3)11(5-2)7-6-8-12/h9,12H,4-8H2,1-3H3. The van der Waals surface area contributed by atoms with E-state index in [-0.39, 0.29) is 18.4 Å². The molecule has 78 valence electrons. The maximum absolute atomic E-state index is 11.4. The Morgan fingerprint density at radius 2 is 2.08 bits per heavy atom. The predicted molar refractivity (Wildman–Crippen MR) is 53.7 cm³/mol. The third kappa shape index (κ3) is 4.39. The number of Topliss-reactive ketones (excluding diaryl/α,β-unsaturated/α-hetero) is 1. The molecule has 0 aromatic carbocycles. The number of ketones is 1. The quantitative estimate of drug-likeness (QED) is 0.648. The van der Waals surface area contributed by atoms with Crippen LogP contribution in [0.3, 0.4) is 0 Å². The van der Waals surface area contributed by atoms with E-state index in [4.69, 9.17) is 5.11 Å². The smallest absolute Gasteiger partial charge is 0.149 e. The van der Waals surface area contributed by atoms with Gasteiger partial charge in [0.2, 0.25) is 0 Å². The second kappa shape index (κ2) is 7.04. The lowest BCUT2D eigenvalue weighted by molar-refractivity contribution is -0.123. The lowest BCUT2D eigenvalue weighted by Crippen LogP contribution is -2.39. The van der Waals surface area contributed by atoms with Crippen molar-refractivity contribution in [2.75, 3.05) is 19.7 Å². The Balaban J connectivity index is 3.98. The number of carbonyl (C=O) groups is 1. The van der Waals surface area contributed by atoms with Crippen LogP contribution in [-0.4, -0.2) is 41.5 Å². The number of hydrogen-bond donors (Lipinski definition) is 1. The first-order chi connectivity index (χ1) is 6.17. The number of aliphatic hydroxyl groups excluding tert-OH is 1. The van der Waals surface area contributed by atoms with E-state index >= 15 is 0 Å². The van der Waals surface area contributed by atoms with Crippen molar-refractivity contribution < 1.29 is 9.90 Å². The number of nitrogens with zero attached hydrogens (tertiary/aromatic N) is 1. The van der Waals surface area contributed by atoms with Gasteiger partial charge >= 0.3 is 0 Å². The molecule has 0 heterocycles. The van der Waals surface area contributed by atoms with E-state index in [2.05, 4.69) is 4.90 Å². The predicted octanol–water partition coefficient (Wildman–Crippen LogP) is 1.06. The molecule has 0 aliphatic heterocycles. The first-order valence-electron chi connectivity index (χ1n) is 5.04. The van der Waals surface area contributed by atoms with Gasteiger partial charge in [0.15, 0.2) is 0 Å². The van der Waals surface area contributed by atoms with Gasteiger partial charge in [-0.2, -0.15) is 0 Å². The molecule has 0 radical (unpaired) electrons. The maximum Gasteiger partial charge on any atom is 0.149 e. The highest BCUT2D eigenvalue weighted by atomic mass is 16.3. The fraction of sp³-hybridized carbons (Fsp3) is 0.900. The first kappa shape index (κ1) is 12.6. The summed E-state index contributed by atoms with van der Waals surface area (Å²) in [5.74, 6) is 0.278. The summed E-state index contributed by atoms with van der Waals surface area (Å²) in [5.41, 5.74) is 0. The summed E-state index contributed by atoms with van der Waals surface area (Å²) < 4.78 is 0. The molecule has 13 heavy (non-hydrogen) atoms. The second-order valence-electron chi connectivity index (χ2n) is 3.20. The molecule has 3 nitrogen and oxygen atoms in total. The Morgan fingerprint density at radius 3 is 2.46 bits per heavy atom. The molecule has 1 unspecified atom stereocenters. The summed E-state index contributed by atoms with van der Waals surface area (Å²) in [6, 6.07) is 0.00144. The van der Waals surface area contributed by atoms with Crippen LogP contribution in [0.1, 0.15) is 33.6 Å². The van der Waals surface area contributed by atoms with Crippen molar-refractivity contribution in [1.82, 2.24) is 4.90 Å². The van der Waals surface area contributed by atoms with Crippen LogP contribution in [0.25, 0.3) is 0 Å². The van der Waals surface area contributed by atoms with E-state index in [1.54, 1.807) is 0 Å². The van der Waals surface area contributed by atoms with Crippen molar-refractivity contribution in [2.24, 2.45) is 0 Å². The average Bonchev–Trinajstić information content (AvgIpc) is 2.17. The van der Waals surface area contributed by atoms with Crippen LogP contribution in [0.2, 0.25) is 0 Å². The third-order valence-corrected chi connectivity index (χ3v) is 2.37. The highest BCUT2D eigenvalue weighted by Gasteiger charge is 2.17. The fourth-order valence-electron chi connectivity index (χ4n) is 1.40. The monoisotopic (exact) mass is 187 g/mol. The molecule has 0 aromatic rings. The molecule has 0 spiro atoms. The van der Waals surface area contributed by atoms with Crippen LogP contribution in [0.5, 0.6) is 0 Å². The van der Waals surface area contributed by atoms with Crippen LogP contribution in [0.4, 0.5) is 0 Å². The number of hydrogen-bond acceptors (Lipinski definition) is 3. The highest BCUT2D eigenvalue weighted by Crippen LogP contribution is 2.03. The van der Waals surface area contributed by atoms with Crippen molar-refractivity contribution in [3.63, 3.8) is 0 Å². The average molecular weight is 187 g/mol. The van der Waals surface area contributed by atoms with Crippen molar-refractivity contribution in [1.29, 1.82) is 0 Å². The van der Waals surface area contributed by atoms with E-state index in [0.29, 0.717) is 6.42 Å². The Labute approximate surface area is 80.7 Å². The van der Waals surface area contributed by atoms with Gasteiger partial charge in [-0.05, 0) is 19.9 Å². The minimum absolute atomic E-state index is 0.00144. The van der Waals surface area contributed by atoms with Crippen LogP contribution >= 0.6 is 0 Å². The van der Waals surface area contributed by atoms with Crippen molar-refractivity contribution in [2.45, 2.75) is 39.7 Å². The van der Waals surface area contributed by atoms with Gasteiger partial charge in [0.05, 0.1) is 6.04 Å². The molecule has 0 bridgehead atoms.